The lowest BCUT2D eigenvalue weighted by atomic mass is 10.1. The molecular formula is C23H29ClN2O2. The smallest absolute Gasteiger partial charge is 0.242 e. The van der Waals surface area contributed by atoms with Crippen molar-refractivity contribution in [2.24, 2.45) is 0 Å². The first-order chi connectivity index (χ1) is 13.2. The molecule has 2 aromatic carbocycles. The minimum Gasteiger partial charge on any atom is -0.350 e. The molecule has 0 aliphatic carbocycles. The van der Waals surface area contributed by atoms with Gasteiger partial charge in [-0.05, 0) is 57.4 Å². The fourth-order valence-corrected chi connectivity index (χ4v) is 3.14. The number of carbonyl (C=O) groups is 2. The Morgan fingerprint density at radius 2 is 1.68 bits per heavy atom. The van der Waals surface area contributed by atoms with E-state index < -0.39 is 6.04 Å². The van der Waals surface area contributed by atoms with Crippen molar-refractivity contribution in [2.75, 3.05) is 0 Å². The van der Waals surface area contributed by atoms with Gasteiger partial charge in [0.05, 0.1) is 0 Å². The van der Waals surface area contributed by atoms with Crippen LogP contribution in [0.1, 0.15) is 45.2 Å². The van der Waals surface area contributed by atoms with E-state index in [0.717, 1.165) is 11.1 Å². The van der Waals surface area contributed by atoms with Crippen molar-refractivity contribution < 1.29 is 9.59 Å². The van der Waals surface area contributed by atoms with Gasteiger partial charge in [0.15, 0.2) is 0 Å². The summed E-state index contributed by atoms with van der Waals surface area (Å²) in [6.45, 7) is 7.89. The molecule has 0 saturated carbocycles. The monoisotopic (exact) mass is 400 g/mol. The highest BCUT2D eigenvalue weighted by atomic mass is 35.5. The molecule has 0 fully saturated rings. The zero-order valence-corrected chi connectivity index (χ0v) is 17.8. The normalized spacial score (nSPS) is 12.3. The lowest BCUT2D eigenvalue weighted by Gasteiger charge is -2.31. The highest BCUT2D eigenvalue weighted by molar-refractivity contribution is 6.30. The van der Waals surface area contributed by atoms with Gasteiger partial charge in [0.2, 0.25) is 11.8 Å². The molecule has 0 radical (unpaired) electrons. The molecule has 2 rings (SSSR count). The van der Waals surface area contributed by atoms with E-state index in [9.17, 15) is 9.59 Å². The number of aryl methyl sites for hydroxylation is 1. The van der Waals surface area contributed by atoms with Crippen LogP contribution in [-0.4, -0.2) is 28.3 Å². The molecular weight excluding hydrogens is 372 g/mol. The maximum atomic E-state index is 13.0. The average molecular weight is 401 g/mol. The summed E-state index contributed by atoms with van der Waals surface area (Å²) >= 11 is 6.10. The van der Waals surface area contributed by atoms with Crippen molar-refractivity contribution in [1.29, 1.82) is 0 Å². The first kappa shape index (κ1) is 22.0. The van der Waals surface area contributed by atoms with Gasteiger partial charge in [0.25, 0.3) is 0 Å². The van der Waals surface area contributed by atoms with Crippen LogP contribution in [0.15, 0.2) is 54.6 Å². The first-order valence-electron chi connectivity index (χ1n) is 9.55. The first-order valence-corrected chi connectivity index (χ1v) is 9.93. The van der Waals surface area contributed by atoms with Gasteiger partial charge >= 0.3 is 0 Å². The summed E-state index contributed by atoms with van der Waals surface area (Å²) < 4.78 is 0. The van der Waals surface area contributed by atoms with Gasteiger partial charge in [0.1, 0.15) is 6.04 Å². The fraction of sp³-hybridized carbons (Fsp3) is 0.391. The van der Waals surface area contributed by atoms with Gasteiger partial charge in [-0.1, -0.05) is 54.1 Å². The van der Waals surface area contributed by atoms with Crippen LogP contribution >= 0.6 is 11.6 Å². The number of amides is 2. The van der Waals surface area contributed by atoms with Crippen molar-refractivity contribution in [3.8, 4) is 0 Å². The Labute approximate surface area is 172 Å². The zero-order valence-electron chi connectivity index (χ0n) is 17.0. The number of nitrogens with zero attached hydrogens (tertiary/aromatic N) is 1. The molecule has 0 saturated heterocycles. The predicted octanol–water partition coefficient (Wildman–Crippen LogP) is 4.60. The molecule has 0 bridgehead atoms. The number of hydrogen-bond acceptors (Lipinski definition) is 2. The van der Waals surface area contributed by atoms with E-state index in [4.69, 9.17) is 11.6 Å². The molecule has 1 N–H and O–H groups in total. The minimum absolute atomic E-state index is 0.0552. The topological polar surface area (TPSA) is 49.4 Å². The number of nitrogens with one attached hydrogen (secondary N) is 1. The maximum absolute atomic E-state index is 13.0. The Morgan fingerprint density at radius 1 is 1.04 bits per heavy atom. The Kier molecular flexibility index (Phi) is 7.64. The highest BCUT2D eigenvalue weighted by Crippen LogP contribution is 2.17. The molecule has 4 nitrogen and oxygen atoms in total. The molecule has 2 aromatic rings. The van der Waals surface area contributed by atoms with Crippen molar-refractivity contribution in [2.45, 2.75) is 58.7 Å². The van der Waals surface area contributed by atoms with E-state index in [0.29, 0.717) is 24.4 Å². The molecule has 0 heterocycles. The Bertz CT molecular complexity index is 800. The van der Waals surface area contributed by atoms with E-state index in [1.54, 1.807) is 17.9 Å². The Balaban J connectivity index is 2.16. The van der Waals surface area contributed by atoms with Crippen LogP contribution in [0.25, 0.3) is 0 Å². The Morgan fingerprint density at radius 3 is 2.29 bits per heavy atom. The second kappa shape index (κ2) is 9.74. The third kappa shape index (κ3) is 7.01. The van der Waals surface area contributed by atoms with Crippen LogP contribution in [-0.2, 0) is 22.6 Å². The summed E-state index contributed by atoms with van der Waals surface area (Å²) in [4.78, 5) is 27.4. The molecule has 28 heavy (non-hydrogen) atoms. The third-order valence-corrected chi connectivity index (χ3v) is 4.61. The lowest BCUT2D eigenvalue weighted by Crippen LogP contribution is -2.52. The van der Waals surface area contributed by atoms with Crippen LogP contribution in [0.2, 0.25) is 5.02 Å². The van der Waals surface area contributed by atoms with E-state index in [-0.39, 0.29) is 17.4 Å². The zero-order chi connectivity index (χ0) is 20.7. The maximum Gasteiger partial charge on any atom is 0.242 e. The van der Waals surface area contributed by atoms with E-state index in [1.807, 2.05) is 69.3 Å². The van der Waals surface area contributed by atoms with Gasteiger partial charge in [-0.15, -0.1) is 0 Å². The molecule has 0 unspecified atom stereocenters. The van der Waals surface area contributed by atoms with Gasteiger partial charge in [-0.25, -0.2) is 0 Å². The van der Waals surface area contributed by atoms with Gasteiger partial charge in [-0.2, -0.15) is 0 Å². The second-order valence-corrected chi connectivity index (χ2v) is 8.49. The van der Waals surface area contributed by atoms with Gasteiger partial charge in [-0.3, -0.25) is 9.59 Å². The van der Waals surface area contributed by atoms with Crippen LogP contribution < -0.4 is 5.32 Å². The SMILES string of the molecule is C[C@@H](C(=O)NC(C)(C)C)N(Cc1cccc(Cl)c1)C(=O)CCc1ccccc1. The highest BCUT2D eigenvalue weighted by Gasteiger charge is 2.28. The second-order valence-electron chi connectivity index (χ2n) is 8.05. The van der Waals surface area contributed by atoms with Crippen LogP contribution in [0.5, 0.6) is 0 Å². The number of halogens is 1. The molecule has 0 aromatic heterocycles. The number of hydrogen-bond donors (Lipinski definition) is 1. The summed E-state index contributed by atoms with van der Waals surface area (Å²) in [5, 5.41) is 3.58. The molecule has 1 atom stereocenters. The summed E-state index contributed by atoms with van der Waals surface area (Å²) in [6.07, 6.45) is 0.983. The van der Waals surface area contributed by atoms with Crippen molar-refractivity contribution in [3.63, 3.8) is 0 Å². The van der Waals surface area contributed by atoms with Crippen molar-refractivity contribution in [1.82, 2.24) is 10.2 Å². The summed E-state index contributed by atoms with van der Waals surface area (Å²) in [7, 11) is 0. The van der Waals surface area contributed by atoms with Gasteiger partial charge < -0.3 is 10.2 Å². The summed E-state index contributed by atoms with van der Waals surface area (Å²) in [5.41, 5.74) is 1.64. The molecule has 5 heteroatoms. The van der Waals surface area contributed by atoms with Crippen LogP contribution in [0.4, 0.5) is 0 Å². The van der Waals surface area contributed by atoms with Crippen LogP contribution in [0.3, 0.4) is 0 Å². The van der Waals surface area contributed by atoms with Crippen LogP contribution in [0, 0.1) is 0 Å². The fourth-order valence-electron chi connectivity index (χ4n) is 2.93. The average Bonchev–Trinajstić information content (AvgIpc) is 2.63. The quantitative estimate of drug-likeness (QED) is 0.738. The van der Waals surface area contributed by atoms with Crippen molar-refractivity contribution >= 4 is 23.4 Å². The van der Waals surface area contributed by atoms with Crippen molar-refractivity contribution in [3.05, 3.63) is 70.7 Å². The largest absolute Gasteiger partial charge is 0.350 e. The minimum atomic E-state index is -0.582. The number of carbonyl (C=O) groups excluding carboxylic acids is 2. The molecule has 150 valence electrons. The van der Waals surface area contributed by atoms with Gasteiger partial charge in [0, 0.05) is 23.5 Å². The third-order valence-electron chi connectivity index (χ3n) is 4.38. The van der Waals surface area contributed by atoms with E-state index in [2.05, 4.69) is 5.32 Å². The molecule has 0 aliphatic heterocycles. The number of rotatable bonds is 7. The number of benzene rings is 2. The Hall–Kier alpha value is -2.33. The standard InChI is InChI=1S/C23H29ClN2O2/c1-17(22(28)25-23(2,3)4)26(16-19-11-8-12-20(24)15-19)21(27)14-13-18-9-6-5-7-10-18/h5-12,15,17H,13-14,16H2,1-4H3,(H,25,28)/t17-/m0/s1. The van der Waals surface area contributed by atoms with E-state index in [1.165, 1.54) is 0 Å². The molecule has 2 amide bonds. The summed E-state index contributed by atoms with van der Waals surface area (Å²) in [5.74, 6) is -0.219. The summed E-state index contributed by atoms with van der Waals surface area (Å²) in [6, 6.07) is 16.7. The predicted molar refractivity (Wildman–Crippen MR) is 114 cm³/mol. The lowest BCUT2D eigenvalue weighted by molar-refractivity contribution is -0.141. The molecule has 0 spiro atoms. The molecule has 0 aliphatic rings. The van der Waals surface area contributed by atoms with E-state index >= 15 is 0 Å².